The van der Waals surface area contributed by atoms with Crippen LogP contribution < -0.4 is 0 Å². The molecular formula is C95H162O16P2. The average Bonchev–Trinajstić information content (AvgIpc) is 0.904. The number of esters is 3. The molecule has 0 aliphatic rings. The van der Waals surface area contributed by atoms with E-state index in [0.29, 0.717) is 19.3 Å². The summed E-state index contributed by atoms with van der Waals surface area (Å²) < 4.78 is 61.3. The number of hydrogen-bond acceptors (Lipinski definition) is 14. The quantitative estimate of drug-likeness (QED) is 0.0146. The van der Waals surface area contributed by atoms with E-state index in [9.17, 15) is 43.5 Å². The number of aliphatic hydroxyl groups is 2. The molecule has 0 fully saturated rings. The van der Waals surface area contributed by atoms with Gasteiger partial charge in [-0.15, -0.1) is 0 Å². The van der Waals surface area contributed by atoms with Crippen LogP contribution in [0.25, 0.3) is 0 Å². The minimum Gasteiger partial charge on any atom is -0.463 e. The van der Waals surface area contributed by atoms with E-state index < -0.39 is 91.5 Å². The fourth-order valence-corrected chi connectivity index (χ4v) is 13.6. The second kappa shape index (κ2) is 86.5. The van der Waals surface area contributed by atoms with Gasteiger partial charge in [-0.25, -0.2) is 9.13 Å². The summed E-state index contributed by atoms with van der Waals surface area (Å²) in [5, 5.41) is 20.7. The van der Waals surface area contributed by atoms with Crippen molar-refractivity contribution in [2.75, 3.05) is 39.6 Å². The Morgan fingerprint density at radius 1 is 0.257 bits per heavy atom. The van der Waals surface area contributed by atoms with Crippen LogP contribution in [0.5, 0.6) is 0 Å². The first kappa shape index (κ1) is 108. The highest BCUT2D eigenvalue weighted by Gasteiger charge is 2.29. The third-order valence-corrected chi connectivity index (χ3v) is 20.6. The van der Waals surface area contributed by atoms with E-state index in [0.717, 1.165) is 173 Å². The van der Waals surface area contributed by atoms with E-state index >= 15 is 0 Å². The maximum atomic E-state index is 13.0. The third-order valence-electron chi connectivity index (χ3n) is 18.7. The molecule has 0 saturated carbocycles. The monoisotopic (exact) mass is 1620 g/mol. The first-order chi connectivity index (χ1) is 55.2. The van der Waals surface area contributed by atoms with Crippen LogP contribution in [0.15, 0.2) is 158 Å². The van der Waals surface area contributed by atoms with Gasteiger partial charge in [-0.3, -0.25) is 32.5 Å². The van der Waals surface area contributed by atoms with E-state index in [-0.39, 0.29) is 19.3 Å². The number of carbonyl (C=O) groups excluding carboxylic acids is 3. The molecule has 113 heavy (non-hydrogen) atoms. The van der Waals surface area contributed by atoms with Crippen molar-refractivity contribution >= 4 is 33.6 Å². The summed E-state index contributed by atoms with van der Waals surface area (Å²) in [5.74, 6) is -1.59. The number of hydrogen-bond donors (Lipinski definition) is 4. The minimum atomic E-state index is -4.94. The first-order valence-electron chi connectivity index (χ1n) is 44.8. The molecular weight excluding hydrogens is 1460 g/mol. The number of aliphatic hydroxyl groups excluding tert-OH is 2. The molecule has 0 aromatic heterocycles. The van der Waals surface area contributed by atoms with E-state index in [1.807, 2.05) is 0 Å². The van der Waals surface area contributed by atoms with Gasteiger partial charge < -0.3 is 34.2 Å². The van der Waals surface area contributed by atoms with Crippen molar-refractivity contribution in [1.29, 1.82) is 0 Å². The highest BCUT2D eigenvalue weighted by atomic mass is 31.2. The minimum absolute atomic E-state index is 0.0905. The highest BCUT2D eigenvalue weighted by Crippen LogP contribution is 2.45. The van der Waals surface area contributed by atoms with Crippen LogP contribution in [0.4, 0.5) is 0 Å². The van der Waals surface area contributed by atoms with Crippen LogP contribution in [0.1, 0.15) is 367 Å². The van der Waals surface area contributed by atoms with E-state index in [2.05, 4.69) is 179 Å². The van der Waals surface area contributed by atoms with Crippen LogP contribution in [-0.2, 0) is 55.8 Å². The Balaban J connectivity index is 4.46. The van der Waals surface area contributed by atoms with Gasteiger partial charge in [-0.05, 0) is 148 Å². The highest BCUT2D eigenvalue weighted by molar-refractivity contribution is 7.47. The van der Waals surface area contributed by atoms with Gasteiger partial charge in [0, 0.05) is 19.3 Å². The lowest BCUT2D eigenvalue weighted by atomic mass is 10.0. The zero-order valence-electron chi connectivity index (χ0n) is 71.3. The average molecular weight is 1620 g/mol. The van der Waals surface area contributed by atoms with Gasteiger partial charge in [0.25, 0.3) is 0 Å². The van der Waals surface area contributed by atoms with Crippen molar-refractivity contribution < 1.29 is 75.8 Å². The molecule has 0 aromatic rings. The van der Waals surface area contributed by atoms with Gasteiger partial charge in [0.1, 0.15) is 25.4 Å². The molecule has 0 bridgehead atoms. The summed E-state index contributed by atoms with van der Waals surface area (Å²) in [5.41, 5.74) is 0. The summed E-state index contributed by atoms with van der Waals surface area (Å²) in [6.45, 7) is 2.46. The van der Waals surface area contributed by atoms with Crippen molar-refractivity contribution in [1.82, 2.24) is 0 Å². The molecule has 0 saturated heterocycles. The third kappa shape index (κ3) is 87.8. The number of phosphoric ester groups is 2. The molecule has 18 heteroatoms. The Kier molecular flexibility index (Phi) is 82.8. The topological polar surface area (TPSA) is 231 Å². The van der Waals surface area contributed by atoms with Crippen molar-refractivity contribution in [3.63, 3.8) is 0 Å². The van der Waals surface area contributed by atoms with E-state index in [1.54, 1.807) is 0 Å². The molecule has 0 aliphatic carbocycles. The maximum absolute atomic E-state index is 13.0. The molecule has 648 valence electrons. The smallest absolute Gasteiger partial charge is 0.463 e. The van der Waals surface area contributed by atoms with Gasteiger partial charge in [0.05, 0.1) is 26.4 Å². The molecule has 0 rings (SSSR count). The molecule has 5 unspecified atom stereocenters. The summed E-state index contributed by atoms with van der Waals surface area (Å²) in [6.07, 6.45) is 110. The molecule has 0 amide bonds. The van der Waals surface area contributed by atoms with Crippen LogP contribution in [0.2, 0.25) is 0 Å². The van der Waals surface area contributed by atoms with Crippen LogP contribution in [0.3, 0.4) is 0 Å². The lowest BCUT2D eigenvalue weighted by molar-refractivity contribution is -0.161. The largest absolute Gasteiger partial charge is 0.472 e. The first-order valence-corrected chi connectivity index (χ1v) is 47.8. The lowest BCUT2D eigenvalue weighted by Gasteiger charge is -2.21. The zero-order chi connectivity index (χ0) is 82.2. The number of allylic oxidation sites excluding steroid dienone is 26. The summed E-state index contributed by atoms with van der Waals surface area (Å²) in [7, 11) is -9.80. The second-order valence-corrected chi connectivity index (χ2v) is 32.5. The van der Waals surface area contributed by atoms with Gasteiger partial charge in [0.2, 0.25) is 0 Å². The Hall–Kier alpha value is -4.83. The number of unbranched alkanes of at least 4 members (excludes halogenated alkanes) is 35. The Bertz CT molecular complexity index is 2680. The SMILES string of the molecule is CC/C=C\C/C=C\C/C=C\C/C=C\C/C=C\C/C=C\CCCCCCCCCCCCCCCCCCC(=O)OCC(O)COP(=O)(O)OCC(O)COP(=O)(O)OCC(COC(=O)CCCCCCCCCC/C=C\C/C=C\C/C=C\C/C=C\C/C=C\C/C=C\CC)OC(=O)CCCCCCC/C=C\CCCCCCCC. The molecule has 0 aliphatic heterocycles. The molecule has 0 aromatic carbocycles. The Morgan fingerprint density at radius 2 is 0.469 bits per heavy atom. The standard InChI is InChI=1S/C95H162O16P2/c1-4-7-10-13-16-19-22-25-28-30-32-34-36-38-40-41-42-43-44-45-46-47-49-51-52-54-56-58-61-63-66-69-72-75-78-81-93(98)105-84-90(96)85-107-112(101,102)108-86-91(97)87-109-113(103,104)110-89-92(111-95(100)83-80-77-74-71-68-65-60-27-24-21-18-15-12-9-6-3)88-106-94(99)82-79-76-73-70-67-64-62-59-57-55-53-50-48-39-37-35-33-31-29-26-23-20-17-14-11-8-5-2/h7-8,10-11,16-17,19-20,25-29,32-35,38-40,42-43,48,53,55,60,90-92,96-97H,4-6,9,12-15,18,21-24,30-31,36-37,41,44-47,49-52,54,56-59,61-89H2,1-3H3,(H,101,102)(H,103,104)/b10-7-,11-8-,19-16-,20-17-,28-25-,29-26-,34-32-,35-33-,40-38-,43-42-,48-39-,55-53-,60-27-. The lowest BCUT2D eigenvalue weighted by Crippen LogP contribution is -2.30. The predicted molar refractivity (Wildman–Crippen MR) is 472 cm³/mol. The summed E-state index contributed by atoms with van der Waals surface area (Å²) in [4.78, 5) is 58.9. The normalized spacial score (nSPS) is 14.6. The van der Waals surface area contributed by atoms with Crippen molar-refractivity contribution in [3.05, 3.63) is 158 Å². The molecule has 0 radical (unpaired) electrons. The second-order valence-electron chi connectivity index (χ2n) is 29.6. The molecule has 4 N–H and O–H groups in total. The Labute approximate surface area is 689 Å². The summed E-state index contributed by atoms with van der Waals surface area (Å²) in [6, 6.07) is 0. The Morgan fingerprint density at radius 3 is 0.752 bits per heavy atom. The summed E-state index contributed by atoms with van der Waals surface area (Å²) >= 11 is 0. The van der Waals surface area contributed by atoms with Crippen molar-refractivity contribution in [2.45, 2.75) is 386 Å². The van der Waals surface area contributed by atoms with Gasteiger partial charge in [-0.2, -0.15) is 0 Å². The van der Waals surface area contributed by atoms with Crippen molar-refractivity contribution in [2.24, 2.45) is 0 Å². The van der Waals surface area contributed by atoms with Gasteiger partial charge in [0.15, 0.2) is 6.10 Å². The fraction of sp³-hybridized carbons (Fsp3) is 0.695. The molecule has 0 heterocycles. The number of rotatable bonds is 84. The molecule has 16 nitrogen and oxygen atoms in total. The van der Waals surface area contributed by atoms with Crippen molar-refractivity contribution in [3.8, 4) is 0 Å². The van der Waals surface area contributed by atoms with Crippen LogP contribution >= 0.6 is 15.6 Å². The molecule has 0 spiro atoms. The van der Waals surface area contributed by atoms with E-state index in [1.165, 1.54) is 135 Å². The van der Waals surface area contributed by atoms with Crippen LogP contribution in [0, 0.1) is 0 Å². The van der Waals surface area contributed by atoms with Crippen LogP contribution in [-0.4, -0.2) is 95.9 Å². The van der Waals surface area contributed by atoms with E-state index in [4.69, 9.17) is 32.3 Å². The van der Waals surface area contributed by atoms with Gasteiger partial charge in [-0.1, -0.05) is 359 Å². The predicted octanol–water partition coefficient (Wildman–Crippen LogP) is 27.3. The number of carbonyl (C=O) groups is 3. The van der Waals surface area contributed by atoms with Gasteiger partial charge >= 0.3 is 33.6 Å². The zero-order valence-corrected chi connectivity index (χ0v) is 73.0. The molecule has 5 atom stereocenters. The fourth-order valence-electron chi connectivity index (χ4n) is 12.0. The number of ether oxygens (including phenoxy) is 3. The maximum Gasteiger partial charge on any atom is 0.472 e. The number of phosphoric acid groups is 2.